The maximum absolute atomic E-state index is 12.9. The molecule has 0 atom stereocenters. The Balaban J connectivity index is 1.91. The van der Waals surface area contributed by atoms with Crippen LogP contribution in [0.15, 0.2) is 9.59 Å². The summed E-state index contributed by atoms with van der Waals surface area (Å²) in [6.45, 7) is 1.17. The van der Waals surface area contributed by atoms with Crippen LogP contribution < -0.4 is 21.9 Å². The summed E-state index contributed by atoms with van der Waals surface area (Å²) in [6, 6.07) is 0.435. The molecule has 1 saturated carbocycles. The van der Waals surface area contributed by atoms with Gasteiger partial charge in [-0.05, 0) is 19.3 Å². The number of hydrogen-bond acceptors (Lipinski definition) is 5. The number of nitrogens with zero attached hydrogens (tertiary/aromatic N) is 5. The van der Waals surface area contributed by atoms with Crippen LogP contribution in [0.1, 0.15) is 38.5 Å². The van der Waals surface area contributed by atoms with Gasteiger partial charge in [-0.1, -0.05) is 19.3 Å². The largest absolute Gasteiger partial charge is 0.368 e. The summed E-state index contributed by atoms with van der Waals surface area (Å²) >= 11 is 0. The summed E-state index contributed by atoms with van der Waals surface area (Å²) in [6.07, 6.45) is 6.89. The molecule has 9 heteroatoms. The zero-order valence-electron chi connectivity index (χ0n) is 15.0. The lowest BCUT2D eigenvalue weighted by Gasteiger charge is -2.37. The molecule has 2 N–H and O–H groups in total. The minimum absolute atomic E-state index is 0.374. The number of carbonyl (C=O) groups excluding carboxylic acids is 1. The summed E-state index contributed by atoms with van der Waals surface area (Å²) < 4.78 is 4.15. The molecule has 1 aliphatic carbocycles. The standard InChI is InChI=1S/C17H24N6O3/c1-20-14-13(15(25)23(17(20)26)10-12(18)24)22-9-5-8-21(16(22)19-14)11-6-3-2-4-7-11/h11H,2-10H2,1H3,(H2,18,24). The highest BCUT2D eigenvalue weighted by molar-refractivity contribution is 5.76. The molecule has 1 fully saturated rings. The molecule has 1 amide bonds. The van der Waals surface area contributed by atoms with Crippen molar-refractivity contribution in [1.82, 2.24) is 18.7 Å². The Morgan fingerprint density at radius 2 is 1.88 bits per heavy atom. The molecule has 0 unspecified atom stereocenters. The van der Waals surface area contributed by atoms with Crippen molar-refractivity contribution in [2.75, 3.05) is 11.4 Å². The Morgan fingerprint density at radius 3 is 2.58 bits per heavy atom. The van der Waals surface area contributed by atoms with Gasteiger partial charge in [0.25, 0.3) is 5.56 Å². The van der Waals surface area contributed by atoms with E-state index in [0.717, 1.165) is 36.3 Å². The Bertz CT molecular complexity index is 979. The van der Waals surface area contributed by atoms with Gasteiger partial charge in [-0.25, -0.2) is 9.36 Å². The van der Waals surface area contributed by atoms with Crippen molar-refractivity contribution >= 4 is 23.0 Å². The molecule has 0 spiro atoms. The van der Waals surface area contributed by atoms with Gasteiger partial charge < -0.3 is 15.2 Å². The van der Waals surface area contributed by atoms with E-state index in [1.807, 2.05) is 4.57 Å². The van der Waals surface area contributed by atoms with Crippen LogP contribution in [-0.4, -0.2) is 37.2 Å². The van der Waals surface area contributed by atoms with Gasteiger partial charge in [-0.2, -0.15) is 4.98 Å². The molecule has 0 saturated heterocycles. The highest BCUT2D eigenvalue weighted by Gasteiger charge is 2.30. The molecular weight excluding hydrogens is 336 g/mol. The van der Waals surface area contributed by atoms with Crippen LogP contribution in [0.2, 0.25) is 0 Å². The molecule has 0 radical (unpaired) electrons. The number of imidazole rings is 1. The first kappa shape index (κ1) is 16.9. The summed E-state index contributed by atoms with van der Waals surface area (Å²) in [5.74, 6) is 0.0489. The highest BCUT2D eigenvalue weighted by atomic mass is 16.2. The summed E-state index contributed by atoms with van der Waals surface area (Å²) in [7, 11) is 1.57. The number of primary amides is 1. The van der Waals surface area contributed by atoms with Crippen LogP contribution in [0.5, 0.6) is 0 Å². The van der Waals surface area contributed by atoms with E-state index in [9.17, 15) is 14.4 Å². The van der Waals surface area contributed by atoms with Gasteiger partial charge in [0.2, 0.25) is 11.9 Å². The average Bonchev–Trinajstić information content (AvgIpc) is 3.04. The van der Waals surface area contributed by atoms with Crippen molar-refractivity contribution in [3.63, 3.8) is 0 Å². The third-order valence-corrected chi connectivity index (χ3v) is 5.58. The van der Waals surface area contributed by atoms with E-state index in [4.69, 9.17) is 5.73 Å². The van der Waals surface area contributed by atoms with Gasteiger partial charge in [-0.3, -0.25) is 14.2 Å². The monoisotopic (exact) mass is 360 g/mol. The molecule has 2 aromatic rings. The number of nitrogens with two attached hydrogens (primary N) is 1. The zero-order valence-corrected chi connectivity index (χ0v) is 15.0. The third kappa shape index (κ3) is 2.53. The number of aromatic nitrogens is 4. The number of fused-ring (bicyclic) bond motifs is 3. The predicted molar refractivity (Wildman–Crippen MR) is 97.3 cm³/mol. The van der Waals surface area contributed by atoms with E-state index >= 15 is 0 Å². The minimum atomic E-state index is -0.717. The summed E-state index contributed by atoms with van der Waals surface area (Å²) in [4.78, 5) is 43.7. The van der Waals surface area contributed by atoms with Gasteiger partial charge in [0.1, 0.15) is 6.54 Å². The molecule has 2 aromatic heterocycles. The maximum atomic E-state index is 12.9. The van der Waals surface area contributed by atoms with E-state index in [1.165, 1.54) is 23.8 Å². The van der Waals surface area contributed by atoms with Crippen molar-refractivity contribution in [1.29, 1.82) is 0 Å². The van der Waals surface area contributed by atoms with Crippen molar-refractivity contribution in [3.05, 3.63) is 20.8 Å². The molecule has 2 aliphatic rings. The lowest BCUT2D eigenvalue weighted by atomic mass is 9.94. The first-order chi connectivity index (χ1) is 12.5. The lowest BCUT2D eigenvalue weighted by molar-refractivity contribution is -0.118. The maximum Gasteiger partial charge on any atom is 0.332 e. The first-order valence-corrected chi connectivity index (χ1v) is 9.24. The summed E-state index contributed by atoms with van der Waals surface area (Å²) in [5.41, 5.74) is 4.90. The molecule has 140 valence electrons. The van der Waals surface area contributed by atoms with Gasteiger partial charge in [0.15, 0.2) is 11.2 Å². The summed E-state index contributed by atoms with van der Waals surface area (Å²) in [5, 5.41) is 0. The second kappa shape index (κ2) is 6.30. The normalized spacial score (nSPS) is 18.3. The third-order valence-electron chi connectivity index (χ3n) is 5.58. The van der Waals surface area contributed by atoms with Gasteiger partial charge in [-0.15, -0.1) is 0 Å². The molecule has 4 rings (SSSR count). The van der Waals surface area contributed by atoms with Crippen LogP contribution in [-0.2, 0) is 24.9 Å². The molecule has 3 heterocycles. The number of aryl methyl sites for hydroxylation is 2. The second-order valence-corrected chi connectivity index (χ2v) is 7.27. The SMILES string of the molecule is Cn1c(=O)n(CC(N)=O)c(=O)c2c1nc1n2CCCN1C1CCCCC1. The van der Waals surface area contributed by atoms with Crippen molar-refractivity contribution < 1.29 is 4.79 Å². The molecule has 26 heavy (non-hydrogen) atoms. The van der Waals surface area contributed by atoms with E-state index in [1.54, 1.807) is 7.05 Å². The van der Waals surface area contributed by atoms with Crippen LogP contribution in [0.4, 0.5) is 5.95 Å². The van der Waals surface area contributed by atoms with Crippen molar-refractivity contribution in [2.45, 2.75) is 57.7 Å². The van der Waals surface area contributed by atoms with E-state index in [-0.39, 0.29) is 0 Å². The van der Waals surface area contributed by atoms with Gasteiger partial charge in [0.05, 0.1) is 0 Å². The quantitative estimate of drug-likeness (QED) is 0.824. The van der Waals surface area contributed by atoms with Gasteiger partial charge >= 0.3 is 5.69 Å². The molecule has 1 aliphatic heterocycles. The highest BCUT2D eigenvalue weighted by Crippen LogP contribution is 2.31. The fraction of sp³-hybridized carbons (Fsp3) is 0.647. The number of rotatable bonds is 3. The molecule has 9 nitrogen and oxygen atoms in total. The Hall–Kier alpha value is -2.58. The first-order valence-electron chi connectivity index (χ1n) is 9.24. The van der Waals surface area contributed by atoms with E-state index in [2.05, 4.69) is 9.88 Å². The number of hydrogen-bond donors (Lipinski definition) is 1. The van der Waals surface area contributed by atoms with E-state index < -0.39 is 23.7 Å². The average molecular weight is 360 g/mol. The fourth-order valence-corrected chi connectivity index (χ4v) is 4.32. The van der Waals surface area contributed by atoms with Crippen LogP contribution in [0.25, 0.3) is 11.2 Å². The fourth-order valence-electron chi connectivity index (χ4n) is 4.32. The molecule has 0 bridgehead atoms. The Morgan fingerprint density at radius 1 is 1.15 bits per heavy atom. The van der Waals surface area contributed by atoms with E-state index in [0.29, 0.717) is 23.8 Å². The lowest BCUT2D eigenvalue weighted by Crippen LogP contribution is -2.43. The predicted octanol–water partition coefficient (Wildman–Crippen LogP) is -0.0752. The molecule has 0 aromatic carbocycles. The van der Waals surface area contributed by atoms with Crippen LogP contribution in [0, 0.1) is 0 Å². The minimum Gasteiger partial charge on any atom is -0.368 e. The second-order valence-electron chi connectivity index (χ2n) is 7.27. The Kier molecular flexibility index (Phi) is 4.08. The topological polar surface area (TPSA) is 108 Å². The smallest absolute Gasteiger partial charge is 0.332 e. The van der Waals surface area contributed by atoms with Gasteiger partial charge in [0, 0.05) is 26.2 Å². The Labute approximate surface area is 150 Å². The number of carbonyl (C=O) groups is 1. The van der Waals surface area contributed by atoms with Crippen molar-refractivity contribution in [3.8, 4) is 0 Å². The zero-order chi connectivity index (χ0) is 18.4. The van der Waals surface area contributed by atoms with Crippen molar-refractivity contribution in [2.24, 2.45) is 12.8 Å². The number of anilines is 1. The molecular formula is C17H24N6O3. The van der Waals surface area contributed by atoms with Crippen LogP contribution >= 0.6 is 0 Å². The number of amides is 1. The van der Waals surface area contributed by atoms with Crippen LogP contribution in [0.3, 0.4) is 0 Å².